The summed E-state index contributed by atoms with van der Waals surface area (Å²) in [6, 6.07) is 15.0. The lowest BCUT2D eigenvalue weighted by molar-refractivity contribution is 0.471. The summed E-state index contributed by atoms with van der Waals surface area (Å²) in [5.41, 5.74) is 9.77. The van der Waals surface area contributed by atoms with Gasteiger partial charge in [-0.1, -0.05) is 6.07 Å². The topological polar surface area (TPSA) is 91.1 Å². The van der Waals surface area contributed by atoms with Gasteiger partial charge in [-0.05, 0) is 48.9 Å². The molecule has 0 saturated heterocycles. The standard InChI is InChI=1S/C19H17N5O/c1-12-2-5-15(10-17(12)25)24(14-6-3-13(20)4-7-14)19-16-8-9-21-18(16)22-11-23-19/h2-11,25H,20H2,1H3,(H,21,22,23). The van der Waals surface area contributed by atoms with E-state index in [-0.39, 0.29) is 5.75 Å². The molecule has 0 radical (unpaired) electrons. The smallest absolute Gasteiger partial charge is 0.150 e. The first-order chi connectivity index (χ1) is 12.1. The van der Waals surface area contributed by atoms with Crippen LogP contribution in [0.2, 0.25) is 0 Å². The molecule has 124 valence electrons. The van der Waals surface area contributed by atoms with Gasteiger partial charge in [-0.15, -0.1) is 0 Å². The number of rotatable bonds is 3. The number of nitrogens with two attached hydrogens (primary N) is 1. The zero-order valence-electron chi connectivity index (χ0n) is 13.6. The van der Waals surface area contributed by atoms with Crippen LogP contribution < -0.4 is 10.6 Å². The Bertz CT molecular complexity index is 1040. The molecule has 0 unspecified atom stereocenters. The summed E-state index contributed by atoms with van der Waals surface area (Å²) in [6.07, 6.45) is 3.35. The second-order valence-electron chi connectivity index (χ2n) is 5.83. The average molecular weight is 331 g/mol. The number of hydrogen-bond donors (Lipinski definition) is 3. The molecule has 6 heteroatoms. The largest absolute Gasteiger partial charge is 0.508 e. The van der Waals surface area contributed by atoms with Gasteiger partial charge in [0.05, 0.1) is 11.1 Å². The lowest BCUT2D eigenvalue weighted by atomic mass is 10.1. The molecule has 0 aliphatic rings. The molecule has 0 spiro atoms. The molecule has 25 heavy (non-hydrogen) atoms. The normalized spacial score (nSPS) is 10.9. The molecule has 0 atom stereocenters. The van der Waals surface area contributed by atoms with E-state index in [1.54, 1.807) is 6.07 Å². The molecule has 6 nitrogen and oxygen atoms in total. The Morgan fingerprint density at radius 2 is 1.76 bits per heavy atom. The number of hydrogen-bond acceptors (Lipinski definition) is 5. The number of aromatic nitrogens is 3. The van der Waals surface area contributed by atoms with Crippen LogP contribution in [0.25, 0.3) is 11.0 Å². The Balaban J connectivity index is 1.96. The van der Waals surface area contributed by atoms with Crippen molar-refractivity contribution >= 4 is 33.9 Å². The molecule has 2 heterocycles. The van der Waals surface area contributed by atoms with Crippen molar-refractivity contribution in [2.45, 2.75) is 6.92 Å². The summed E-state index contributed by atoms with van der Waals surface area (Å²) in [5, 5.41) is 11.1. The maximum atomic E-state index is 10.2. The van der Waals surface area contributed by atoms with E-state index in [1.807, 2.05) is 60.5 Å². The quantitative estimate of drug-likeness (QED) is 0.493. The number of benzene rings is 2. The van der Waals surface area contributed by atoms with Crippen LogP contribution in [0, 0.1) is 6.92 Å². The Labute approximate surface area is 144 Å². The van der Waals surface area contributed by atoms with Gasteiger partial charge >= 0.3 is 0 Å². The molecule has 0 amide bonds. The van der Waals surface area contributed by atoms with E-state index in [1.165, 1.54) is 6.33 Å². The number of aryl methyl sites for hydroxylation is 1. The Morgan fingerprint density at radius 1 is 1.00 bits per heavy atom. The molecule has 4 aromatic rings. The Kier molecular flexibility index (Phi) is 3.50. The van der Waals surface area contributed by atoms with Crippen molar-refractivity contribution in [2.24, 2.45) is 0 Å². The predicted molar refractivity (Wildman–Crippen MR) is 99.4 cm³/mol. The first-order valence-electron chi connectivity index (χ1n) is 7.87. The third-order valence-corrected chi connectivity index (χ3v) is 4.15. The highest BCUT2D eigenvalue weighted by Gasteiger charge is 2.18. The number of aromatic hydroxyl groups is 1. The molecule has 0 saturated carbocycles. The highest BCUT2D eigenvalue weighted by molar-refractivity contribution is 5.93. The summed E-state index contributed by atoms with van der Waals surface area (Å²) in [6.45, 7) is 1.86. The van der Waals surface area contributed by atoms with Crippen molar-refractivity contribution in [3.8, 4) is 5.75 Å². The van der Waals surface area contributed by atoms with Crippen LogP contribution in [0.15, 0.2) is 61.1 Å². The van der Waals surface area contributed by atoms with Crippen LogP contribution in [0.1, 0.15) is 5.56 Å². The van der Waals surface area contributed by atoms with E-state index in [0.29, 0.717) is 5.69 Å². The van der Waals surface area contributed by atoms with Crippen molar-refractivity contribution < 1.29 is 5.11 Å². The first kappa shape index (κ1) is 15.0. The van der Waals surface area contributed by atoms with E-state index in [4.69, 9.17) is 5.73 Å². The number of H-pyrrole nitrogens is 1. The van der Waals surface area contributed by atoms with E-state index >= 15 is 0 Å². The summed E-state index contributed by atoms with van der Waals surface area (Å²) in [5.74, 6) is 0.955. The van der Waals surface area contributed by atoms with Crippen molar-refractivity contribution in [2.75, 3.05) is 10.6 Å². The van der Waals surface area contributed by atoms with Crippen molar-refractivity contribution in [1.29, 1.82) is 0 Å². The van der Waals surface area contributed by atoms with Gasteiger partial charge in [-0.3, -0.25) is 4.90 Å². The predicted octanol–water partition coefficient (Wildman–Crippen LogP) is 4.02. The molecule has 0 aliphatic carbocycles. The molecule has 4 N–H and O–H groups in total. The summed E-state index contributed by atoms with van der Waals surface area (Å²) in [4.78, 5) is 13.8. The van der Waals surface area contributed by atoms with E-state index < -0.39 is 0 Å². The molecule has 2 aromatic heterocycles. The van der Waals surface area contributed by atoms with Crippen LogP contribution >= 0.6 is 0 Å². The average Bonchev–Trinajstić information content (AvgIpc) is 3.09. The fourth-order valence-electron chi connectivity index (χ4n) is 2.79. The van der Waals surface area contributed by atoms with E-state index in [2.05, 4.69) is 15.0 Å². The summed E-state index contributed by atoms with van der Waals surface area (Å²) >= 11 is 0. The summed E-state index contributed by atoms with van der Waals surface area (Å²) < 4.78 is 0. The van der Waals surface area contributed by atoms with Gasteiger partial charge in [-0.2, -0.15) is 0 Å². The van der Waals surface area contributed by atoms with Gasteiger partial charge in [0.1, 0.15) is 17.7 Å². The summed E-state index contributed by atoms with van der Waals surface area (Å²) in [7, 11) is 0. The van der Waals surface area contributed by atoms with Crippen molar-refractivity contribution in [3.63, 3.8) is 0 Å². The molecule has 2 aromatic carbocycles. The van der Waals surface area contributed by atoms with E-state index in [9.17, 15) is 5.11 Å². The van der Waals surface area contributed by atoms with Crippen molar-refractivity contribution in [3.05, 3.63) is 66.6 Å². The monoisotopic (exact) mass is 331 g/mol. The number of nitrogens with one attached hydrogen (secondary N) is 1. The number of aromatic amines is 1. The maximum Gasteiger partial charge on any atom is 0.150 e. The van der Waals surface area contributed by atoms with Gasteiger partial charge in [0.25, 0.3) is 0 Å². The third kappa shape index (κ3) is 2.63. The number of phenolic OH excluding ortho intramolecular Hbond substituents is 1. The van der Waals surface area contributed by atoms with Crippen LogP contribution in [-0.2, 0) is 0 Å². The minimum Gasteiger partial charge on any atom is -0.508 e. The number of phenols is 1. The molecular weight excluding hydrogens is 314 g/mol. The number of fused-ring (bicyclic) bond motifs is 1. The van der Waals surface area contributed by atoms with Crippen LogP contribution in [-0.4, -0.2) is 20.1 Å². The zero-order chi connectivity index (χ0) is 17.4. The molecule has 0 fully saturated rings. The number of anilines is 4. The van der Waals surface area contributed by atoms with Crippen LogP contribution in [0.3, 0.4) is 0 Å². The molecular formula is C19H17N5O. The van der Waals surface area contributed by atoms with Gasteiger partial charge < -0.3 is 15.8 Å². The minimum absolute atomic E-state index is 0.234. The molecule has 0 aliphatic heterocycles. The lowest BCUT2D eigenvalue weighted by Crippen LogP contribution is -2.12. The number of nitrogen functional groups attached to an aromatic ring is 1. The lowest BCUT2D eigenvalue weighted by Gasteiger charge is -2.25. The Morgan fingerprint density at radius 3 is 2.52 bits per heavy atom. The second-order valence-corrected chi connectivity index (χ2v) is 5.83. The van der Waals surface area contributed by atoms with Gasteiger partial charge in [0, 0.05) is 23.6 Å². The fraction of sp³-hybridized carbons (Fsp3) is 0.0526. The number of nitrogens with zero attached hydrogens (tertiary/aromatic N) is 3. The highest BCUT2D eigenvalue weighted by atomic mass is 16.3. The SMILES string of the molecule is Cc1ccc(N(c2ccc(N)cc2)c2ncnc3[nH]ccc23)cc1O. The molecule has 0 bridgehead atoms. The van der Waals surface area contributed by atoms with Crippen LogP contribution in [0.5, 0.6) is 5.75 Å². The van der Waals surface area contributed by atoms with Crippen LogP contribution in [0.4, 0.5) is 22.9 Å². The van der Waals surface area contributed by atoms with Gasteiger partial charge in [-0.25, -0.2) is 9.97 Å². The zero-order valence-corrected chi connectivity index (χ0v) is 13.6. The van der Waals surface area contributed by atoms with Gasteiger partial charge in [0.2, 0.25) is 0 Å². The Hall–Kier alpha value is -3.54. The fourth-order valence-corrected chi connectivity index (χ4v) is 2.79. The maximum absolute atomic E-state index is 10.2. The van der Waals surface area contributed by atoms with E-state index in [0.717, 1.165) is 33.8 Å². The molecule has 4 rings (SSSR count). The minimum atomic E-state index is 0.234. The van der Waals surface area contributed by atoms with Crippen molar-refractivity contribution in [1.82, 2.24) is 15.0 Å². The third-order valence-electron chi connectivity index (χ3n) is 4.15. The first-order valence-corrected chi connectivity index (χ1v) is 7.87. The second kappa shape index (κ2) is 5.83. The highest BCUT2D eigenvalue weighted by Crippen LogP contribution is 2.38. The van der Waals surface area contributed by atoms with Gasteiger partial charge in [0.15, 0.2) is 5.82 Å².